The highest BCUT2D eigenvalue weighted by Gasteiger charge is 1.98. The van der Waals surface area contributed by atoms with Gasteiger partial charge in [0.1, 0.15) is 11.6 Å². The second kappa shape index (κ2) is 12.6. The topological polar surface area (TPSA) is 38.0 Å². The molecule has 0 atom stereocenters. The summed E-state index contributed by atoms with van der Waals surface area (Å²) in [5.41, 5.74) is 7.35. The van der Waals surface area contributed by atoms with Gasteiger partial charge in [-0.1, -0.05) is 26.5 Å². The minimum absolute atomic E-state index is 0.266. The fourth-order valence-electron chi connectivity index (χ4n) is 1.07. The summed E-state index contributed by atoms with van der Waals surface area (Å²) >= 11 is 0. The van der Waals surface area contributed by atoms with Crippen molar-refractivity contribution in [1.29, 1.82) is 0 Å². The first kappa shape index (κ1) is 22.1. The van der Waals surface area contributed by atoms with E-state index >= 15 is 0 Å². The molecule has 0 saturated carbocycles. The van der Waals surface area contributed by atoms with Gasteiger partial charge in [-0.3, -0.25) is 0 Å². The highest BCUT2D eigenvalue weighted by Crippen LogP contribution is 2.15. The van der Waals surface area contributed by atoms with E-state index in [2.05, 4.69) is 11.9 Å². The molecule has 124 valence electrons. The number of hydrogen-bond acceptors (Lipinski definition) is 2. The Bertz CT molecular complexity index is 513. The standard InChI is InChI=1S/C10H13FN2.C5H6F2.C2H6/c1-7-3-4-10(9(11)5-7)13-6-8(2)12;1-3-5(7)4(2)6;1-2/h3-6,13H,12H2,1-2H3;3H,1H2,2H3;1-2H3/b8-6-;5-4-;. The Morgan fingerprint density at radius 2 is 1.77 bits per heavy atom. The molecule has 0 bridgehead atoms. The molecule has 0 fully saturated rings. The minimum atomic E-state index is -0.889. The molecular weight excluding hydrogens is 289 g/mol. The lowest BCUT2D eigenvalue weighted by Gasteiger charge is -2.03. The maximum Gasteiger partial charge on any atom is 0.153 e. The number of rotatable bonds is 3. The van der Waals surface area contributed by atoms with Gasteiger partial charge >= 0.3 is 0 Å². The first-order valence-electron chi connectivity index (χ1n) is 6.87. The lowest BCUT2D eigenvalue weighted by molar-refractivity contribution is 0.556. The average molecular weight is 314 g/mol. The zero-order valence-corrected chi connectivity index (χ0v) is 13.8. The molecule has 0 radical (unpaired) electrons. The lowest BCUT2D eigenvalue weighted by atomic mass is 10.2. The monoisotopic (exact) mass is 314 g/mol. The van der Waals surface area contributed by atoms with Crippen LogP contribution < -0.4 is 11.1 Å². The summed E-state index contributed by atoms with van der Waals surface area (Å²) in [6, 6.07) is 5.00. The Kier molecular flexibility index (Phi) is 12.6. The van der Waals surface area contributed by atoms with Crippen LogP contribution in [0.15, 0.2) is 54.4 Å². The van der Waals surface area contributed by atoms with Gasteiger partial charge in [0.25, 0.3) is 0 Å². The number of hydrogen-bond donors (Lipinski definition) is 2. The molecule has 0 aromatic heterocycles. The number of nitrogens with two attached hydrogens (primary N) is 1. The second-order valence-electron chi connectivity index (χ2n) is 4.10. The van der Waals surface area contributed by atoms with Crippen molar-refractivity contribution in [1.82, 2.24) is 0 Å². The molecule has 0 unspecified atom stereocenters. The van der Waals surface area contributed by atoms with Gasteiger partial charge in [0, 0.05) is 11.9 Å². The SMILES string of the molecule is C/C(N)=C/Nc1ccc(C)cc1F.C=C/C(F)=C(\C)F.CC. The van der Waals surface area contributed by atoms with Gasteiger partial charge in [-0.15, -0.1) is 0 Å². The van der Waals surface area contributed by atoms with E-state index in [4.69, 9.17) is 5.73 Å². The number of anilines is 1. The average Bonchev–Trinajstić information content (AvgIpc) is 2.48. The van der Waals surface area contributed by atoms with Gasteiger partial charge in [-0.05, 0) is 44.5 Å². The fraction of sp³-hybridized carbons (Fsp3) is 0.294. The number of benzene rings is 1. The van der Waals surface area contributed by atoms with Gasteiger partial charge in [0.15, 0.2) is 5.83 Å². The number of nitrogens with one attached hydrogen (secondary N) is 1. The van der Waals surface area contributed by atoms with E-state index in [1.165, 1.54) is 6.07 Å². The summed E-state index contributed by atoms with van der Waals surface area (Å²) in [5, 5.41) is 2.78. The minimum Gasteiger partial charge on any atom is -0.401 e. The molecule has 3 N–H and O–H groups in total. The molecule has 0 heterocycles. The van der Waals surface area contributed by atoms with E-state index in [0.717, 1.165) is 18.6 Å². The maximum absolute atomic E-state index is 13.2. The molecule has 1 aromatic carbocycles. The molecule has 0 amide bonds. The fourth-order valence-corrected chi connectivity index (χ4v) is 1.07. The molecule has 22 heavy (non-hydrogen) atoms. The Hall–Kier alpha value is -2.17. The van der Waals surface area contributed by atoms with Crippen LogP contribution in [0.1, 0.15) is 33.3 Å². The van der Waals surface area contributed by atoms with Crippen molar-refractivity contribution in [3.63, 3.8) is 0 Å². The summed E-state index contributed by atoms with van der Waals surface area (Å²) in [6.45, 7) is 11.6. The molecule has 5 heteroatoms. The summed E-state index contributed by atoms with van der Waals surface area (Å²) in [6.07, 6.45) is 2.39. The number of aryl methyl sites for hydroxylation is 1. The van der Waals surface area contributed by atoms with E-state index in [9.17, 15) is 13.2 Å². The Balaban J connectivity index is 0. The van der Waals surface area contributed by atoms with Crippen LogP contribution in [-0.4, -0.2) is 0 Å². The van der Waals surface area contributed by atoms with Crippen LogP contribution in [0.4, 0.5) is 18.9 Å². The normalized spacial score (nSPS) is 11.2. The Labute approximate surface area is 131 Å². The van der Waals surface area contributed by atoms with E-state index < -0.39 is 11.7 Å². The van der Waals surface area contributed by atoms with Crippen molar-refractivity contribution >= 4 is 5.69 Å². The van der Waals surface area contributed by atoms with Gasteiger partial charge in [0.05, 0.1) is 5.69 Å². The van der Waals surface area contributed by atoms with Gasteiger partial charge < -0.3 is 11.1 Å². The summed E-state index contributed by atoms with van der Waals surface area (Å²) in [4.78, 5) is 0. The number of allylic oxidation sites excluding steroid dienone is 4. The second-order valence-corrected chi connectivity index (χ2v) is 4.10. The summed E-state index contributed by atoms with van der Waals surface area (Å²) in [5.74, 6) is -1.98. The third-order valence-corrected chi connectivity index (χ3v) is 2.09. The van der Waals surface area contributed by atoms with Crippen LogP contribution >= 0.6 is 0 Å². The van der Waals surface area contributed by atoms with Crippen LogP contribution in [0.25, 0.3) is 0 Å². The van der Waals surface area contributed by atoms with Crippen LogP contribution in [0, 0.1) is 12.7 Å². The largest absolute Gasteiger partial charge is 0.401 e. The molecule has 0 spiro atoms. The predicted molar refractivity (Wildman–Crippen MR) is 89.2 cm³/mol. The molecule has 0 aliphatic rings. The van der Waals surface area contributed by atoms with Gasteiger partial charge in [0.2, 0.25) is 0 Å². The van der Waals surface area contributed by atoms with Crippen LogP contribution in [0.3, 0.4) is 0 Å². The smallest absolute Gasteiger partial charge is 0.153 e. The molecule has 1 aromatic rings. The Morgan fingerprint density at radius 1 is 1.23 bits per heavy atom. The molecule has 0 aliphatic heterocycles. The van der Waals surface area contributed by atoms with Gasteiger partial charge in [-0.25, -0.2) is 13.2 Å². The third kappa shape index (κ3) is 10.6. The predicted octanol–water partition coefficient (Wildman–Crippen LogP) is 5.74. The molecule has 1 rings (SSSR count). The highest BCUT2D eigenvalue weighted by atomic mass is 19.2. The zero-order valence-electron chi connectivity index (χ0n) is 13.8. The van der Waals surface area contributed by atoms with Crippen LogP contribution in [0.5, 0.6) is 0 Å². The van der Waals surface area contributed by atoms with Crippen molar-refractivity contribution in [3.05, 3.63) is 65.8 Å². The maximum atomic E-state index is 13.2. The highest BCUT2D eigenvalue weighted by molar-refractivity contribution is 5.48. The molecular formula is C17H25F3N2. The summed E-state index contributed by atoms with van der Waals surface area (Å²) in [7, 11) is 0. The zero-order chi connectivity index (χ0) is 17.7. The van der Waals surface area contributed by atoms with Crippen molar-refractivity contribution in [2.24, 2.45) is 5.73 Å². The third-order valence-electron chi connectivity index (χ3n) is 2.09. The molecule has 2 nitrogen and oxygen atoms in total. The molecule has 0 saturated heterocycles. The van der Waals surface area contributed by atoms with Crippen molar-refractivity contribution < 1.29 is 13.2 Å². The van der Waals surface area contributed by atoms with Crippen molar-refractivity contribution in [2.75, 3.05) is 5.32 Å². The van der Waals surface area contributed by atoms with E-state index in [1.807, 2.05) is 26.8 Å². The lowest BCUT2D eigenvalue weighted by Crippen LogP contribution is -1.98. The summed E-state index contributed by atoms with van der Waals surface area (Å²) < 4.78 is 36.3. The van der Waals surface area contributed by atoms with E-state index in [1.54, 1.807) is 19.2 Å². The Morgan fingerprint density at radius 3 is 2.09 bits per heavy atom. The first-order chi connectivity index (χ1) is 10.3. The van der Waals surface area contributed by atoms with Crippen molar-refractivity contribution in [3.8, 4) is 0 Å². The van der Waals surface area contributed by atoms with Gasteiger partial charge in [-0.2, -0.15) is 0 Å². The molecule has 0 aliphatic carbocycles. The number of halogens is 3. The van der Waals surface area contributed by atoms with Crippen molar-refractivity contribution in [2.45, 2.75) is 34.6 Å². The van der Waals surface area contributed by atoms with Crippen LogP contribution in [-0.2, 0) is 0 Å². The van der Waals surface area contributed by atoms with E-state index in [-0.39, 0.29) is 5.82 Å². The first-order valence-corrected chi connectivity index (χ1v) is 6.87. The van der Waals surface area contributed by atoms with E-state index in [0.29, 0.717) is 11.4 Å². The van der Waals surface area contributed by atoms with Crippen LogP contribution in [0.2, 0.25) is 0 Å². The quantitative estimate of drug-likeness (QED) is 0.699.